The molecule has 0 bridgehead atoms. The summed E-state index contributed by atoms with van der Waals surface area (Å²) in [6.07, 6.45) is 0. The fourth-order valence-corrected chi connectivity index (χ4v) is 16.7. The second-order valence-electron chi connectivity index (χ2n) is 22.2. The first-order valence-corrected chi connectivity index (χ1v) is 29.9. The Kier molecular flexibility index (Phi) is 9.72. The zero-order valence-electron chi connectivity index (χ0n) is 45.4. The third kappa shape index (κ3) is 6.20. The molecule has 8 heteroatoms. The van der Waals surface area contributed by atoms with Gasteiger partial charge in [-0.1, -0.05) is 170 Å². The van der Waals surface area contributed by atoms with Gasteiger partial charge in [0.15, 0.2) is 0 Å². The van der Waals surface area contributed by atoms with Crippen LogP contribution in [0.3, 0.4) is 0 Å². The van der Waals surface area contributed by atoms with Crippen molar-refractivity contribution in [3.05, 3.63) is 259 Å². The van der Waals surface area contributed by atoms with E-state index in [-0.39, 0.29) is 0 Å². The molecule has 18 rings (SSSR count). The molecule has 0 unspecified atom stereocenters. The Balaban J connectivity index is 1.17. The Morgan fingerprint density at radius 2 is 0.774 bits per heavy atom. The van der Waals surface area contributed by atoms with Gasteiger partial charge in [-0.05, 0) is 96.8 Å². The lowest BCUT2D eigenvalue weighted by Gasteiger charge is -2.27. The number of hydrogen-bond acceptors (Lipinski definition) is 3. The average Bonchev–Trinajstić information content (AvgIpc) is 2.07. The van der Waals surface area contributed by atoms with Crippen molar-refractivity contribution in [3.63, 3.8) is 0 Å². The topological polar surface area (TPSA) is 47.9 Å². The van der Waals surface area contributed by atoms with Crippen LogP contribution in [-0.2, 0) is 0 Å². The molecule has 6 nitrogen and oxygen atoms in total. The van der Waals surface area contributed by atoms with Crippen molar-refractivity contribution in [2.75, 3.05) is 0 Å². The molecule has 0 fully saturated rings. The maximum Gasteiger partial charge on any atom is 0.237 e. The summed E-state index contributed by atoms with van der Waals surface area (Å²) < 4.78 is 14.1. The normalized spacial score (nSPS) is 12.1. The summed E-state index contributed by atoms with van der Waals surface area (Å²) in [5.41, 5.74) is 15.6. The summed E-state index contributed by atoms with van der Waals surface area (Å²) in [5.74, 6) is 0. The molecule has 6 aromatic heterocycles. The number of hydrogen-bond donors (Lipinski definition) is 0. The van der Waals surface area contributed by atoms with Crippen molar-refractivity contribution in [2.45, 2.75) is 13.8 Å². The minimum absolute atomic E-state index is 0.368. The molecule has 12 aromatic carbocycles. The Labute approximate surface area is 488 Å². The van der Waals surface area contributed by atoms with Crippen LogP contribution in [0.5, 0.6) is 0 Å². The third-order valence-corrected chi connectivity index (χ3v) is 20.3. The molecule has 0 aliphatic heterocycles. The van der Waals surface area contributed by atoms with Crippen LogP contribution in [-0.4, -0.2) is 18.3 Å². The second kappa shape index (κ2) is 17.4. The zero-order valence-corrected chi connectivity index (χ0v) is 47.1. The van der Waals surface area contributed by atoms with Crippen LogP contribution >= 0.6 is 22.7 Å². The van der Waals surface area contributed by atoms with Crippen LogP contribution in [0.1, 0.15) is 16.7 Å². The first-order valence-electron chi connectivity index (χ1n) is 28.3. The van der Waals surface area contributed by atoms with Gasteiger partial charge in [0.05, 0.1) is 88.4 Å². The van der Waals surface area contributed by atoms with E-state index >= 15 is 0 Å². The molecule has 390 valence electrons. The van der Waals surface area contributed by atoms with Crippen molar-refractivity contribution < 1.29 is 0 Å². The number of rotatable bonds is 5. The molecule has 0 aliphatic carbocycles. The van der Waals surface area contributed by atoms with Gasteiger partial charge in [-0.3, -0.25) is 0 Å². The van der Waals surface area contributed by atoms with Gasteiger partial charge in [0, 0.05) is 74.0 Å². The number of aromatic nitrogens is 4. The Morgan fingerprint density at radius 3 is 1.30 bits per heavy atom. The molecule has 84 heavy (non-hydrogen) atoms. The summed E-state index contributed by atoms with van der Waals surface area (Å²) in [5, 5.41) is 26.2. The Morgan fingerprint density at radius 1 is 0.345 bits per heavy atom. The predicted octanol–water partition coefficient (Wildman–Crippen LogP) is 21.5. The monoisotopic (exact) mass is 1100 g/mol. The molecule has 18 aromatic rings. The van der Waals surface area contributed by atoms with Gasteiger partial charge in [0.2, 0.25) is 5.69 Å². The molecule has 0 radical (unpaired) electrons. The highest BCUT2D eigenvalue weighted by Crippen LogP contribution is 2.54. The van der Waals surface area contributed by atoms with Crippen molar-refractivity contribution in [3.8, 4) is 39.9 Å². The molecular formula is C76H44N6S2. The van der Waals surface area contributed by atoms with Crippen molar-refractivity contribution in [1.82, 2.24) is 18.3 Å². The van der Waals surface area contributed by atoms with E-state index in [4.69, 9.17) is 4.85 Å². The second-order valence-corrected chi connectivity index (χ2v) is 24.3. The summed E-state index contributed by atoms with van der Waals surface area (Å²) in [4.78, 5) is 4.95. The zero-order chi connectivity index (χ0) is 55.6. The maximum atomic E-state index is 13.0. The van der Waals surface area contributed by atoms with Crippen LogP contribution in [0.15, 0.2) is 231 Å². The van der Waals surface area contributed by atoms with Crippen LogP contribution in [0.25, 0.3) is 166 Å². The number of nitriles is 1. The first kappa shape index (κ1) is 47.0. The van der Waals surface area contributed by atoms with Crippen LogP contribution in [0, 0.1) is 31.8 Å². The quantitative estimate of drug-likeness (QED) is 0.158. The van der Waals surface area contributed by atoms with Crippen LogP contribution in [0.4, 0.5) is 5.69 Å². The lowest BCUT2D eigenvalue weighted by molar-refractivity contribution is 1.04. The average molecular weight is 1110 g/mol. The maximum absolute atomic E-state index is 13.0. The summed E-state index contributed by atoms with van der Waals surface area (Å²) >= 11 is 3.57. The molecule has 0 amide bonds. The van der Waals surface area contributed by atoms with Gasteiger partial charge in [-0.25, -0.2) is 4.85 Å². The summed E-state index contributed by atoms with van der Waals surface area (Å²) in [6, 6.07) is 86.0. The SMILES string of the molecule is [C-]#[N+]c1c(-n2c3ccccc3c3ccccc32)c(-n2c3ccc(-c4ccccc4)cc3c3ccc4c5ccccc5sc4c32)c(-n2c3ccccc3c3ccccc32)c(C#N)c1-n1c2cc(C)c(C)cc2c2ccc3c4ccccc4sc3c21. The number of thiophene rings is 2. The first-order chi connectivity index (χ1) is 41.5. The van der Waals surface area contributed by atoms with Crippen LogP contribution < -0.4 is 0 Å². The molecule has 0 aliphatic rings. The summed E-state index contributed by atoms with van der Waals surface area (Å²) in [6.45, 7) is 14.5. The van der Waals surface area contributed by atoms with Gasteiger partial charge in [-0.2, -0.15) is 5.26 Å². The Hall–Kier alpha value is -10.7. The molecule has 0 spiro atoms. The van der Waals surface area contributed by atoms with Crippen LogP contribution in [0.2, 0.25) is 0 Å². The highest BCUT2D eigenvalue weighted by atomic mass is 32.1. The molecular weight excluding hydrogens is 1060 g/mol. The van der Waals surface area contributed by atoms with Crippen molar-refractivity contribution >= 4 is 156 Å². The fraction of sp³-hybridized carbons (Fsp3) is 0.0263. The molecule has 0 atom stereocenters. The molecule has 0 N–H and O–H groups in total. The Bertz CT molecular complexity index is 5780. The number of nitrogens with zero attached hydrogens (tertiary/aromatic N) is 6. The number of para-hydroxylation sites is 4. The van der Waals surface area contributed by atoms with E-state index < -0.39 is 0 Å². The van der Waals surface area contributed by atoms with E-state index in [0.717, 1.165) is 130 Å². The van der Waals surface area contributed by atoms with E-state index in [1.54, 1.807) is 22.7 Å². The van der Waals surface area contributed by atoms with E-state index in [2.05, 4.69) is 269 Å². The van der Waals surface area contributed by atoms with Gasteiger partial charge < -0.3 is 18.3 Å². The van der Waals surface area contributed by atoms with E-state index in [1.165, 1.54) is 25.7 Å². The molecule has 0 saturated carbocycles. The number of fused-ring (bicyclic) bond motifs is 20. The van der Waals surface area contributed by atoms with E-state index in [9.17, 15) is 11.8 Å². The lowest BCUT2D eigenvalue weighted by atomic mass is 10.0. The largest absolute Gasteiger partial charge is 0.317 e. The third-order valence-electron chi connectivity index (χ3n) is 17.9. The number of benzene rings is 12. The van der Waals surface area contributed by atoms with Gasteiger partial charge in [-0.15, -0.1) is 22.7 Å². The predicted molar refractivity (Wildman–Crippen MR) is 355 cm³/mol. The highest BCUT2D eigenvalue weighted by Gasteiger charge is 2.36. The smallest absolute Gasteiger partial charge is 0.237 e. The minimum Gasteiger partial charge on any atom is -0.317 e. The fourth-order valence-electron chi connectivity index (χ4n) is 14.2. The van der Waals surface area contributed by atoms with Gasteiger partial charge in [0.1, 0.15) is 6.07 Å². The highest BCUT2D eigenvalue weighted by molar-refractivity contribution is 7.27. The van der Waals surface area contributed by atoms with Gasteiger partial charge in [0.25, 0.3) is 0 Å². The number of aryl methyl sites for hydroxylation is 2. The van der Waals surface area contributed by atoms with E-state index in [0.29, 0.717) is 28.3 Å². The minimum atomic E-state index is 0.368. The lowest BCUT2D eigenvalue weighted by Crippen LogP contribution is -2.14. The van der Waals surface area contributed by atoms with E-state index in [1.807, 2.05) is 0 Å². The molecule has 0 saturated heterocycles. The van der Waals surface area contributed by atoms with Crippen molar-refractivity contribution in [2.24, 2.45) is 0 Å². The molecule has 6 heterocycles. The standard InChI is InChI=1S/C76H44N6S2/c1-43-39-57-53-34-36-56-52-26-12-18-32-67(52)84-76(56)72(53)82(65(57)40-44(43)2)69-59(42-77)70(79-60-27-13-7-21-47(60)48-22-8-14-28-61(48)79)74(73(68(69)78-3)80-62-29-15-9-23-49(62)50-24-10-16-30-63(50)80)81-64-38-33-46(45-19-5-4-6-20-45)41-58(64)54-35-37-55-51-25-11-17-31-66(51)83-75(55)71(54)81/h4-41H,1-2H3. The van der Waals surface area contributed by atoms with Crippen molar-refractivity contribution in [1.29, 1.82) is 5.26 Å². The van der Waals surface area contributed by atoms with Gasteiger partial charge >= 0.3 is 0 Å². The summed E-state index contributed by atoms with van der Waals surface area (Å²) in [7, 11) is 0.